The van der Waals surface area contributed by atoms with E-state index in [-0.39, 0.29) is 12.1 Å². The average Bonchev–Trinajstić information content (AvgIpc) is 3.06. The van der Waals surface area contributed by atoms with Crippen LogP contribution >= 0.6 is 0 Å². The standard InChI is InChI=1S/C14H15F3N6O/c15-14(16,17)11-5-9-23(21-11)10-3-7-22(8-4-10)13(24)19-12-2-1-6-18-20-12/h1-2,5-6,9-10H,3-4,7-8H2,(H,19,20,24). The van der Waals surface area contributed by atoms with Crippen LogP contribution in [0.4, 0.5) is 23.8 Å². The zero-order valence-electron chi connectivity index (χ0n) is 12.6. The highest BCUT2D eigenvalue weighted by molar-refractivity contribution is 5.88. The molecule has 0 saturated carbocycles. The van der Waals surface area contributed by atoms with Gasteiger partial charge in [-0.25, -0.2) is 4.79 Å². The van der Waals surface area contributed by atoms with E-state index in [0.29, 0.717) is 31.7 Å². The number of nitrogens with one attached hydrogen (secondary N) is 1. The lowest BCUT2D eigenvalue weighted by atomic mass is 10.1. The molecule has 0 aliphatic carbocycles. The first-order valence-corrected chi connectivity index (χ1v) is 7.39. The molecule has 0 aromatic carbocycles. The van der Waals surface area contributed by atoms with Gasteiger partial charge in [-0.3, -0.25) is 10.00 Å². The third-order valence-electron chi connectivity index (χ3n) is 3.83. The highest BCUT2D eigenvalue weighted by Crippen LogP contribution is 2.29. The van der Waals surface area contributed by atoms with Crippen LogP contribution in [0.2, 0.25) is 0 Å². The molecular weight excluding hydrogens is 325 g/mol. The lowest BCUT2D eigenvalue weighted by Gasteiger charge is -2.31. The normalized spacial score (nSPS) is 16.2. The van der Waals surface area contributed by atoms with Crippen molar-refractivity contribution in [3.63, 3.8) is 0 Å². The first-order valence-electron chi connectivity index (χ1n) is 7.39. The van der Waals surface area contributed by atoms with Crippen molar-refractivity contribution in [1.82, 2.24) is 24.9 Å². The van der Waals surface area contributed by atoms with Gasteiger partial charge >= 0.3 is 12.2 Å². The van der Waals surface area contributed by atoms with Crippen LogP contribution < -0.4 is 5.32 Å². The molecule has 0 unspecified atom stereocenters. The van der Waals surface area contributed by atoms with Gasteiger partial charge in [-0.05, 0) is 31.0 Å². The van der Waals surface area contributed by atoms with Gasteiger partial charge in [0.2, 0.25) is 0 Å². The summed E-state index contributed by atoms with van der Waals surface area (Å²) in [6.07, 6.45) is -0.536. The average molecular weight is 340 g/mol. The summed E-state index contributed by atoms with van der Waals surface area (Å²) in [7, 11) is 0. The Kier molecular flexibility index (Phi) is 4.36. The zero-order valence-corrected chi connectivity index (χ0v) is 12.6. The molecule has 24 heavy (non-hydrogen) atoms. The quantitative estimate of drug-likeness (QED) is 0.912. The minimum absolute atomic E-state index is 0.151. The Hall–Kier alpha value is -2.65. The third-order valence-corrected chi connectivity index (χ3v) is 3.83. The lowest BCUT2D eigenvalue weighted by Crippen LogP contribution is -2.41. The van der Waals surface area contributed by atoms with Gasteiger partial charge in [0.1, 0.15) is 0 Å². The number of halogens is 3. The number of alkyl halides is 3. The first-order chi connectivity index (χ1) is 11.4. The topological polar surface area (TPSA) is 75.9 Å². The number of urea groups is 1. The Labute approximate surface area is 135 Å². The van der Waals surface area contributed by atoms with Crippen LogP contribution in [0.3, 0.4) is 0 Å². The van der Waals surface area contributed by atoms with Gasteiger partial charge in [-0.15, -0.1) is 5.10 Å². The van der Waals surface area contributed by atoms with E-state index >= 15 is 0 Å². The SMILES string of the molecule is O=C(Nc1cccnn1)N1CCC(n2ccc(C(F)(F)F)n2)CC1. The lowest BCUT2D eigenvalue weighted by molar-refractivity contribution is -0.141. The smallest absolute Gasteiger partial charge is 0.324 e. The number of rotatable bonds is 2. The van der Waals surface area contributed by atoms with E-state index in [1.807, 2.05) is 0 Å². The van der Waals surface area contributed by atoms with Gasteiger partial charge in [0.15, 0.2) is 11.5 Å². The van der Waals surface area contributed by atoms with Crippen LogP contribution in [0.5, 0.6) is 0 Å². The fraction of sp³-hybridized carbons (Fsp3) is 0.429. The Morgan fingerprint density at radius 3 is 2.58 bits per heavy atom. The maximum absolute atomic E-state index is 12.6. The van der Waals surface area contributed by atoms with Crippen LogP contribution in [-0.2, 0) is 6.18 Å². The molecule has 0 atom stereocenters. The number of aromatic nitrogens is 4. The van der Waals surface area contributed by atoms with Crippen LogP contribution in [0.1, 0.15) is 24.6 Å². The minimum atomic E-state index is -4.44. The molecule has 2 aromatic heterocycles. The number of hydrogen-bond acceptors (Lipinski definition) is 4. The summed E-state index contributed by atoms with van der Waals surface area (Å²) in [4.78, 5) is 13.7. The maximum atomic E-state index is 12.6. The molecule has 0 radical (unpaired) electrons. The Bertz CT molecular complexity index is 694. The van der Waals surface area contributed by atoms with Crippen molar-refractivity contribution in [3.05, 3.63) is 36.3 Å². The number of likely N-dealkylation sites (tertiary alicyclic amines) is 1. The number of piperidine rings is 1. The van der Waals surface area contributed by atoms with Crippen molar-refractivity contribution in [2.45, 2.75) is 25.1 Å². The fourth-order valence-electron chi connectivity index (χ4n) is 2.58. The number of carbonyl (C=O) groups excluding carboxylic acids is 1. The predicted molar refractivity (Wildman–Crippen MR) is 78.1 cm³/mol. The summed E-state index contributed by atoms with van der Waals surface area (Å²) < 4.78 is 39.1. The zero-order chi connectivity index (χ0) is 17.2. The number of nitrogens with zero attached hydrogens (tertiary/aromatic N) is 5. The van der Waals surface area contributed by atoms with E-state index in [1.54, 1.807) is 17.0 Å². The molecule has 1 aliphatic heterocycles. The predicted octanol–water partition coefficient (Wildman–Crippen LogP) is 2.56. The van der Waals surface area contributed by atoms with E-state index in [4.69, 9.17) is 0 Å². The summed E-state index contributed by atoms with van der Waals surface area (Å²) in [5.41, 5.74) is -0.898. The number of amides is 2. The molecule has 1 N–H and O–H groups in total. The van der Waals surface area contributed by atoms with Gasteiger partial charge < -0.3 is 4.90 Å². The summed E-state index contributed by atoms with van der Waals surface area (Å²) >= 11 is 0. The number of anilines is 1. The molecule has 1 aliphatic rings. The van der Waals surface area contributed by atoms with Crippen molar-refractivity contribution < 1.29 is 18.0 Å². The van der Waals surface area contributed by atoms with Crippen molar-refractivity contribution in [2.24, 2.45) is 0 Å². The summed E-state index contributed by atoms with van der Waals surface area (Å²) in [5, 5.41) is 13.7. The number of carbonyl (C=O) groups is 1. The molecule has 1 fully saturated rings. The molecule has 10 heteroatoms. The van der Waals surface area contributed by atoms with Crippen molar-refractivity contribution >= 4 is 11.8 Å². The van der Waals surface area contributed by atoms with E-state index in [2.05, 4.69) is 20.6 Å². The second-order valence-electron chi connectivity index (χ2n) is 5.44. The van der Waals surface area contributed by atoms with Gasteiger partial charge in [0, 0.05) is 25.5 Å². The largest absolute Gasteiger partial charge is 0.435 e. The van der Waals surface area contributed by atoms with E-state index < -0.39 is 11.9 Å². The molecule has 2 amide bonds. The van der Waals surface area contributed by atoms with Crippen LogP contribution in [0.25, 0.3) is 0 Å². The van der Waals surface area contributed by atoms with Crippen molar-refractivity contribution in [1.29, 1.82) is 0 Å². The third kappa shape index (κ3) is 3.63. The Morgan fingerprint density at radius 2 is 2.00 bits per heavy atom. The van der Waals surface area contributed by atoms with Gasteiger partial charge in [0.05, 0.1) is 6.04 Å². The molecular formula is C14H15F3N6O. The summed E-state index contributed by atoms with van der Waals surface area (Å²) in [5.74, 6) is 0.353. The van der Waals surface area contributed by atoms with Gasteiger partial charge in [-0.2, -0.15) is 23.4 Å². The Balaban J connectivity index is 1.56. The second-order valence-corrected chi connectivity index (χ2v) is 5.44. The van der Waals surface area contributed by atoms with Crippen molar-refractivity contribution in [3.8, 4) is 0 Å². The van der Waals surface area contributed by atoms with Crippen molar-refractivity contribution in [2.75, 3.05) is 18.4 Å². The monoisotopic (exact) mass is 340 g/mol. The van der Waals surface area contributed by atoms with Gasteiger partial charge in [0.25, 0.3) is 0 Å². The van der Waals surface area contributed by atoms with Crippen LogP contribution in [0.15, 0.2) is 30.6 Å². The summed E-state index contributed by atoms with van der Waals surface area (Å²) in [6, 6.07) is 3.80. The molecule has 7 nitrogen and oxygen atoms in total. The number of hydrogen-bond donors (Lipinski definition) is 1. The highest BCUT2D eigenvalue weighted by Gasteiger charge is 2.34. The van der Waals surface area contributed by atoms with Crippen LogP contribution in [-0.4, -0.2) is 44.0 Å². The van der Waals surface area contributed by atoms with E-state index in [0.717, 1.165) is 6.07 Å². The molecule has 3 rings (SSSR count). The van der Waals surface area contributed by atoms with E-state index in [9.17, 15) is 18.0 Å². The molecule has 2 aromatic rings. The molecule has 3 heterocycles. The molecule has 128 valence electrons. The molecule has 0 bridgehead atoms. The second kappa shape index (κ2) is 6.46. The first kappa shape index (κ1) is 16.2. The summed E-state index contributed by atoms with van der Waals surface area (Å²) in [6.45, 7) is 0.857. The fourth-order valence-corrected chi connectivity index (χ4v) is 2.58. The minimum Gasteiger partial charge on any atom is -0.324 e. The van der Waals surface area contributed by atoms with E-state index in [1.165, 1.54) is 17.1 Å². The van der Waals surface area contributed by atoms with Gasteiger partial charge in [-0.1, -0.05) is 0 Å². The maximum Gasteiger partial charge on any atom is 0.435 e. The molecule has 1 saturated heterocycles. The van der Waals surface area contributed by atoms with Crippen LogP contribution in [0, 0.1) is 0 Å². The Morgan fingerprint density at radius 1 is 1.25 bits per heavy atom. The highest BCUT2D eigenvalue weighted by atomic mass is 19.4. The molecule has 0 spiro atoms.